The maximum absolute atomic E-state index is 10.9. The lowest BCUT2D eigenvalue weighted by atomic mass is 10.1. The third-order valence-electron chi connectivity index (χ3n) is 2.12. The highest BCUT2D eigenvalue weighted by Crippen LogP contribution is 2.51. The van der Waals surface area contributed by atoms with Crippen LogP contribution in [0.2, 0.25) is 0 Å². The number of rotatable bonds is 1. The minimum absolute atomic E-state index is 0.0671. The van der Waals surface area contributed by atoms with Crippen LogP contribution in [0.25, 0.3) is 0 Å². The molecule has 0 spiro atoms. The fourth-order valence-corrected chi connectivity index (χ4v) is 0.889. The van der Waals surface area contributed by atoms with Crippen molar-refractivity contribution in [1.29, 1.82) is 0 Å². The summed E-state index contributed by atoms with van der Waals surface area (Å²) in [5.41, 5.74) is 0.0891. The van der Waals surface area contributed by atoms with E-state index in [0.717, 1.165) is 6.42 Å². The van der Waals surface area contributed by atoms with E-state index in [-0.39, 0.29) is 11.3 Å². The summed E-state index contributed by atoms with van der Waals surface area (Å²) in [5.74, 6) is -0.711. The van der Waals surface area contributed by atoms with Crippen LogP contribution in [0.3, 0.4) is 0 Å². The fourth-order valence-electron chi connectivity index (χ4n) is 0.889. The fraction of sp³-hybridized carbons (Fsp3) is 0.667. The Hall–Kier alpha value is -0.710. The van der Waals surface area contributed by atoms with Gasteiger partial charge in [-0.2, -0.15) is 13.2 Å². The predicted molar refractivity (Wildman–Crippen MR) is 50.6 cm³/mol. The van der Waals surface area contributed by atoms with Gasteiger partial charge in [0.05, 0.1) is 5.92 Å². The molecule has 0 aromatic heterocycles. The molecular weight excluding hydrogens is 233 g/mol. The van der Waals surface area contributed by atoms with Gasteiger partial charge in [-0.15, -0.1) is 0 Å². The number of hydrogen-bond acceptors (Lipinski definition) is 1. The summed E-state index contributed by atoms with van der Waals surface area (Å²) in [5, 5.41) is 7.10. The number of allylic oxidation sites excluding steroid dienone is 1. The summed E-state index contributed by atoms with van der Waals surface area (Å²) in [6.45, 7) is 6.42. The highest BCUT2D eigenvalue weighted by molar-refractivity contribution is 6.29. The van der Waals surface area contributed by atoms with Crippen molar-refractivity contribution in [2.45, 2.75) is 26.4 Å². The lowest BCUT2D eigenvalue weighted by Crippen LogP contribution is -2.04. The van der Waals surface area contributed by atoms with Crippen molar-refractivity contribution in [3.05, 3.63) is 11.6 Å². The first kappa shape index (κ1) is 14.3. The molecule has 1 N–H and O–H groups in total. The van der Waals surface area contributed by atoms with Crippen LogP contribution in [0.1, 0.15) is 20.3 Å². The molecule has 0 radical (unpaired) electrons. The molecule has 0 aliphatic heterocycles. The molecule has 1 rings (SSSR count). The van der Waals surface area contributed by atoms with Crippen LogP contribution in [0.5, 0.6) is 0 Å². The quantitative estimate of drug-likeness (QED) is 0.767. The van der Waals surface area contributed by atoms with Gasteiger partial charge in [0.15, 0.2) is 0 Å². The van der Waals surface area contributed by atoms with Gasteiger partial charge in [0.25, 0.3) is 0 Å². The Bertz CT molecular complexity index is 271. The maximum atomic E-state index is 10.9. The molecule has 0 saturated heterocycles. The number of carboxylic acid groups (broad SMARTS) is 1. The van der Waals surface area contributed by atoms with Crippen molar-refractivity contribution in [3.63, 3.8) is 0 Å². The second-order valence-corrected chi connectivity index (χ2v) is 4.44. The van der Waals surface area contributed by atoms with E-state index in [1.165, 1.54) is 0 Å². The van der Waals surface area contributed by atoms with Crippen molar-refractivity contribution in [1.82, 2.24) is 0 Å². The van der Waals surface area contributed by atoms with Crippen LogP contribution >= 0.6 is 11.6 Å². The van der Waals surface area contributed by atoms with Crippen LogP contribution in [-0.2, 0) is 4.79 Å². The largest absolute Gasteiger partial charge is 0.481 e. The molecule has 1 aliphatic rings. The predicted octanol–water partition coefficient (Wildman–Crippen LogP) is 3.42. The van der Waals surface area contributed by atoms with Gasteiger partial charge in [0.1, 0.15) is 5.03 Å². The summed E-state index contributed by atoms with van der Waals surface area (Å²) in [6, 6.07) is 0. The lowest BCUT2D eigenvalue weighted by Gasteiger charge is -1.98. The third-order valence-corrected chi connectivity index (χ3v) is 2.33. The van der Waals surface area contributed by atoms with Gasteiger partial charge in [-0.25, -0.2) is 0 Å². The number of carbonyl (C=O) groups is 1. The van der Waals surface area contributed by atoms with E-state index in [4.69, 9.17) is 5.11 Å². The second-order valence-electron chi connectivity index (χ2n) is 3.99. The Morgan fingerprint density at radius 1 is 1.53 bits per heavy atom. The van der Waals surface area contributed by atoms with Gasteiger partial charge in [0, 0.05) is 0 Å². The van der Waals surface area contributed by atoms with Gasteiger partial charge in [-0.1, -0.05) is 32.0 Å². The first-order chi connectivity index (χ1) is 6.48. The topological polar surface area (TPSA) is 37.3 Å². The number of alkyl halides is 3. The number of hydrogen-bond donors (Lipinski definition) is 1. The molecule has 0 unspecified atom stereocenters. The summed E-state index contributed by atoms with van der Waals surface area (Å²) >= 11 is 4.43. The Balaban J connectivity index is 0.000000265. The average molecular weight is 245 g/mol. The molecule has 0 amide bonds. The van der Waals surface area contributed by atoms with Gasteiger partial charge in [-0.3, -0.25) is 4.79 Å². The highest BCUT2D eigenvalue weighted by Gasteiger charge is 2.50. The molecule has 6 heteroatoms. The minimum atomic E-state index is -4.43. The van der Waals surface area contributed by atoms with Crippen LogP contribution in [0.4, 0.5) is 13.2 Å². The first-order valence-electron chi connectivity index (χ1n) is 4.13. The molecule has 0 heterocycles. The summed E-state index contributed by atoms with van der Waals surface area (Å²) in [7, 11) is 0. The van der Waals surface area contributed by atoms with Crippen LogP contribution < -0.4 is 0 Å². The molecule has 1 saturated carbocycles. The van der Waals surface area contributed by atoms with E-state index >= 15 is 0 Å². The molecule has 15 heavy (non-hydrogen) atoms. The van der Waals surface area contributed by atoms with Crippen molar-refractivity contribution in [3.8, 4) is 0 Å². The average Bonchev–Trinajstić information content (AvgIpc) is 2.59. The molecular formula is C9H12ClF3O2. The Morgan fingerprint density at radius 2 is 1.80 bits per heavy atom. The number of aliphatic carboxylic acids is 1. The first-order valence-corrected chi connectivity index (χ1v) is 4.50. The van der Waals surface area contributed by atoms with Crippen molar-refractivity contribution in [2.24, 2.45) is 11.3 Å². The molecule has 1 atom stereocenters. The molecule has 0 aromatic rings. The zero-order valence-electron chi connectivity index (χ0n) is 8.36. The van der Waals surface area contributed by atoms with E-state index in [1.807, 2.05) is 13.8 Å². The molecule has 1 fully saturated rings. The van der Waals surface area contributed by atoms with E-state index in [0.29, 0.717) is 0 Å². The molecule has 0 bridgehead atoms. The summed E-state index contributed by atoms with van der Waals surface area (Å²) < 4.78 is 32.8. The van der Waals surface area contributed by atoms with E-state index in [1.54, 1.807) is 0 Å². The van der Waals surface area contributed by atoms with Crippen LogP contribution in [0, 0.1) is 11.3 Å². The minimum Gasteiger partial charge on any atom is -0.481 e. The monoisotopic (exact) mass is 244 g/mol. The normalized spacial score (nSPS) is 22.4. The smallest absolute Gasteiger partial charge is 0.426 e. The number of halogens is 4. The second kappa shape index (κ2) is 4.43. The van der Waals surface area contributed by atoms with Crippen LogP contribution in [0.15, 0.2) is 11.6 Å². The summed E-state index contributed by atoms with van der Waals surface area (Å²) in [6.07, 6.45) is -3.58. The van der Waals surface area contributed by atoms with Crippen molar-refractivity contribution < 1.29 is 23.1 Å². The zero-order chi connectivity index (χ0) is 12.4. The Labute approximate surface area is 90.7 Å². The van der Waals surface area contributed by atoms with Crippen molar-refractivity contribution in [2.75, 3.05) is 0 Å². The zero-order valence-corrected chi connectivity index (χ0v) is 9.11. The standard InChI is InChI=1S/C6H10O2.C3H2ClF3/c1-6(2)3-4(6)5(7)8;1-2(4)3(5,6)7/h4H,3H2,1-2H3,(H,7,8);1H2/t4-;/m0./s1. The Morgan fingerprint density at radius 3 is 1.80 bits per heavy atom. The van der Waals surface area contributed by atoms with Gasteiger partial charge in [-0.05, 0) is 11.8 Å². The lowest BCUT2D eigenvalue weighted by molar-refractivity contribution is -0.139. The van der Waals surface area contributed by atoms with E-state index < -0.39 is 17.2 Å². The molecule has 88 valence electrons. The van der Waals surface area contributed by atoms with Gasteiger partial charge < -0.3 is 5.11 Å². The summed E-state index contributed by atoms with van der Waals surface area (Å²) in [4.78, 5) is 10.2. The van der Waals surface area contributed by atoms with Crippen LogP contribution in [-0.4, -0.2) is 17.3 Å². The third kappa shape index (κ3) is 5.06. The molecule has 2 nitrogen and oxygen atoms in total. The van der Waals surface area contributed by atoms with Gasteiger partial charge >= 0.3 is 12.1 Å². The van der Waals surface area contributed by atoms with Crippen molar-refractivity contribution >= 4 is 17.6 Å². The van der Waals surface area contributed by atoms with E-state index in [9.17, 15) is 18.0 Å². The Kier molecular flexibility index (Phi) is 4.22. The maximum Gasteiger partial charge on any atom is 0.426 e. The molecule has 0 aromatic carbocycles. The van der Waals surface area contributed by atoms with Gasteiger partial charge in [0.2, 0.25) is 0 Å². The SMILES string of the molecule is C=C(Cl)C(F)(F)F.CC1(C)C[C@H]1C(=O)O. The van der Waals surface area contributed by atoms with E-state index in [2.05, 4.69) is 18.2 Å². The number of carboxylic acids is 1. The highest BCUT2D eigenvalue weighted by atomic mass is 35.5. The molecule has 1 aliphatic carbocycles.